The molecule has 4 heteroatoms. The summed E-state index contributed by atoms with van der Waals surface area (Å²) in [7, 11) is 0. The molecule has 3 aromatic rings. The van der Waals surface area contributed by atoms with Crippen molar-refractivity contribution in [2.75, 3.05) is 4.90 Å². The van der Waals surface area contributed by atoms with Gasteiger partial charge >= 0.3 is 302 Å². The molecule has 0 heterocycles. The number of hydrogen-bond donors (Lipinski definition) is 0. The van der Waals surface area contributed by atoms with Crippen LogP contribution in [0.5, 0.6) is 0 Å². The molecule has 0 aliphatic rings. The van der Waals surface area contributed by atoms with Gasteiger partial charge in [-0.05, 0) is 0 Å². The maximum atomic E-state index is 2.54. The molecule has 0 aliphatic heterocycles. The summed E-state index contributed by atoms with van der Waals surface area (Å²) in [5.41, 5.74) is 3.92. The average Bonchev–Trinajstić information content (AvgIpc) is 3.10. The van der Waals surface area contributed by atoms with E-state index in [2.05, 4.69) is 119 Å². The fourth-order valence-corrected chi connectivity index (χ4v) is 23.1. The van der Waals surface area contributed by atoms with E-state index in [4.69, 9.17) is 0 Å². The number of hydrogen-bond acceptors (Lipinski definition) is 1. The van der Waals surface area contributed by atoms with E-state index < -0.39 is 44.0 Å². The molecule has 3 rings (SSSR count). The predicted octanol–water partition coefficient (Wildman–Crippen LogP) is 12.1. The van der Waals surface area contributed by atoms with Gasteiger partial charge < -0.3 is 0 Å². The Balaban J connectivity index is 1.98. The molecule has 0 saturated heterocycles. The zero-order chi connectivity index (χ0) is 33.0. The van der Waals surface area contributed by atoms with E-state index in [0.29, 0.717) is 0 Å². The van der Waals surface area contributed by atoms with Crippen molar-refractivity contribution in [3.8, 4) is 0 Å². The minimum atomic E-state index is -0.992. The SMILES string of the molecule is CCCC[As](CCCC)c1ccc(N(c2ccc([As](CCCC)CCCC)cc2)c2ccc([As](CCCC)CCCC)cc2)cc1. The molecule has 0 fully saturated rings. The van der Waals surface area contributed by atoms with E-state index in [9.17, 15) is 0 Å². The van der Waals surface area contributed by atoms with Crippen molar-refractivity contribution < 1.29 is 0 Å². The van der Waals surface area contributed by atoms with E-state index in [1.165, 1.54) is 125 Å². The number of anilines is 3. The Labute approximate surface area is 299 Å². The molecule has 0 bridgehead atoms. The summed E-state index contributed by atoms with van der Waals surface area (Å²) >= 11 is -2.98. The Morgan fingerprint density at radius 3 is 0.696 bits per heavy atom. The van der Waals surface area contributed by atoms with Crippen molar-refractivity contribution >= 4 is 74.1 Å². The number of unbranched alkanes of at least 4 members (excludes halogenated alkanes) is 6. The summed E-state index contributed by atoms with van der Waals surface area (Å²) in [4.78, 5) is 2.54. The fraction of sp³-hybridized carbons (Fsp3) is 0.571. The van der Waals surface area contributed by atoms with Crippen molar-refractivity contribution in [1.29, 1.82) is 0 Å². The van der Waals surface area contributed by atoms with Crippen LogP contribution in [-0.2, 0) is 0 Å². The Bertz CT molecular complexity index is 1000. The van der Waals surface area contributed by atoms with Crippen LogP contribution in [0.2, 0.25) is 31.3 Å². The van der Waals surface area contributed by atoms with Gasteiger partial charge in [0, 0.05) is 0 Å². The molecule has 0 unspecified atom stereocenters. The second kappa shape index (κ2) is 23.5. The second-order valence-electron chi connectivity index (χ2n) is 13.0. The van der Waals surface area contributed by atoms with Crippen molar-refractivity contribution in [3.05, 3.63) is 72.8 Å². The topological polar surface area (TPSA) is 3.24 Å². The van der Waals surface area contributed by atoms with Gasteiger partial charge in [-0.2, -0.15) is 0 Å². The van der Waals surface area contributed by atoms with E-state index in [1.807, 2.05) is 0 Å². The van der Waals surface area contributed by atoms with Crippen LogP contribution in [0.15, 0.2) is 72.8 Å². The fourth-order valence-electron chi connectivity index (χ4n) is 6.09. The molecule has 254 valence electrons. The predicted molar refractivity (Wildman–Crippen MR) is 216 cm³/mol. The third-order valence-electron chi connectivity index (χ3n) is 9.11. The molecule has 1 nitrogen and oxygen atoms in total. The maximum absolute atomic E-state index is 2.54. The van der Waals surface area contributed by atoms with Gasteiger partial charge in [0.1, 0.15) is 0 Å². The third-order valence-corrected chi connectivity index (χ3v) is 26.4. The summed E-state index contributed by atoms with van der Waals surface area (Å²) in [6.07, 6.45) is 16.2. The quantitative estimate of drug-likeness (QED) is 0.0815. The third kappa shape index (κ3) is 12.9. The summed E-state index contributed by atoms with van der Waals surface area (Å²) in [5.74, 6) is 0. The van der Waals surface area contributed by atoms with Crippen LogP contribution in [0.3, 0.4) is 0 Å². The summed E-state index contributed by atoms with van der Waals surface area (Å²) in [5, 5.41) is 8.74. The van der Waals surface area contributed by atoms with Crippen molar-refractivity contribution in [2.45, 2.75) is 150 Å². The van der Waals surface area contributed by atoms with Crippen LogP contribution >= 0.6 is 0 Å². The van der Waals surface area contributed by atoms with E-state index in [0.717, 1.165) is 0 Å². The Hall–Kier alpha value is -0.865. The monoisotopic (exact) mass is 809 g/mol. The molecule has 0 aromatic heterocycles. The zero-order valence-electron chi connectivity index (χ0n) is 30.4. The van der Waals surface area contributed by atoms with Gasteiger partial charge in [0.15, 0.2) is 0 Å². The van der Waals surface area contributed by atoms with Gasteiger partial charge in [0.05, 0.1) is 0 Å². The molecule has 0 saturated carbocycles. The zero-order valence-corrected chi connectivity index (χ0v) is 36.1. The van der Waals surface area contributed by atoms with Gasteiger partial charge in [0.25, 0.3) is 0 Å². The first-order valence-electron chi connectivity index (χ1n) is 18.9. The molecule has 0 aliphatic carbocycles. The van der Waals surface area contributed by atoms with Gasteiger partial charge in [-0.25, -0.2) is 0 Å². The summed E-state index contributed by atoms with van der Waals surface area (Å²) < 4.78 is 5.02. The molecule has 46 heavy (non-hydrogen) atoms. The first-order valence-corrected chi connectivity index (χ1v) is 29.7. The molecular weight excluding hydrogens is 743 g/mol. The Morgan fingerprint density at radius 1 is 0.326 bits per heavy atom. The van der Waals surface area contributed by atoms with Crippen molar-refractivity contribution in [2.24, 2.45) is 0 Å². The number of nitrogens with zero attached hydrogens (tertiary/aromatic N) is 1. The first kappa shape index (κ1) is 39.6. The van der Waals surface area contributed by atoms with Gasteiger partial charge in [-0.3, -0.25) is 0 Å². The first-order chi connectivity index (χ1) is 22.6. The van der Waals surface area contributed by atoms with Crippen molar-refractivity contribution in [1.82, 2.24) is 0 Å². The average molecular weight is 810 g/mol. The molecular formula is C42H66As3N. The summed E-state index contributed by atoms with van der Waals surface area (Å²) in [6, 6.07) is 29.7. The second-order valence-corrected chi connectivity index (χ2v) is 28.6. The van der Waals surface area contributed by atoms with Crippen LogP contribution < -0.4 is 18.0 Å². The van der Waals surface area contributed by atoms with Gasteiger partial charge in [0.2, 0.25) is 0 Å². The molecule has 0 radical (unpaired) electrons. The Kier molecular flexibility index (Phi) is 20.2. The molecule has 3 aromatic carbocycles. The molecule has 0 amide bonds. The standard InChI is InChI=1S/C42H66As3N/c1-7-13-31-43(32-14-8-2)37-19-25-40(26-20-37)46(41-27-21-38(22-28-41)44(33-15-9-3)34-16-10-4)42-29-23-39(24-30-42)45(35-17-11-5)36-18-12-6/h19-30H,7-18,31-36H2,1-6H3. The van der Waals surface area contributed by atoms with Gasteiger partial charge in [-0.15, -0.1) is 0 Å². The van der Waals surface area contributed by atoms with Crippen LogP contribution in [-0.4, -0.2) is 44.0 Å². The van der Waals surface area contributed by atoms with Crippen molar-refractivity contribution in [3.63, 3.8) is 0 Å². The van der Waals surface area contributed by atoms with E-state index in [1.54, 1.807) is 13.1 Å². The summed E-state index contributed by atoms with van der Waals surface area (Å²) in [6.45, 7) is 14.1. The normalized spacial score (nSPS) is 11.7. The van der Waals surface area contributed by atoms with E-state index in [-0.39, 0.29) is 0 Å². The Morgan fingerprint density at radius 2 is 0.522 bits per heavy atom. The van der Waals surface area contributed by atoms with Crippen LogP contribution in [0, 0.1) is 0 Å². The molecule has 0 N–H and O–H groups in total. The van der Waals surface area contributed by atoms with Crippen LogP contribution in [0.1, 0.15) is 119 Å². The van der Waals surface area contributed by atoms with E-state index >= 15 is 0 Å². The number of benzene rings is 3. The minimum absolute atomic E-state index is 0.992. The number of rotatable bonds is 24. The van der Waals surface area contributed by atoms with Crippen LogP contribution in [0.4, 0.5) is 17.1 Å². The van der Waals surface area contributed by atoms with Crippen LogP contribution in [0.25, 0.3) is 0 Å². The molecule has 0 spiro atoms. The molecule has 0 atom stereocenters. The van der Waals surface area contributed by atoms with Gasteiger partial charge in [-0.1, -0.05) is 0 Å².